The van der Waals surface area contributed by atoms with E-state index in [1.54, 1.807) is 0 Å². The van der Waals surface area contributed by atoms with Gasteiger partial charge in [0.1, 0.15) is 6.04 Å². The summed E-state index contributed by atoms with van der Waals surface area (Å²) in [6, 6.07) is -1.66. The third-order valence-corrected chi connectivity index (χ3v) is 2.22. The number of halogens is 5. The maximum atomic E-state index is 12.1. The Hall–Kier alpha value is 0.290. The van der Waals surface area contributed by atoms with Gasteiger partial charge in [0.2, 0.25) is 0 Å². The molecule has 0 aromatic carbocycles. The Kier molecular flexibility index (Phi) is 8.01. The average Bonchev–Trinajstić information content (AvgIpc) is 2.03. The molecule has 0 aromatic heterocycles. The molecule has 1 aliphatic heterocycles. The summed E-state index contributed by atoms with van der Waals surface area (Å²) in [5, 5.41) is 2.91. The third-order valence-electron chi connectivity index (χ3n) is 2.22. The topological polar surface area (TPSA) is 38.0 Å². The van der Waals surface area contributed by atoms with Gasteiger partial charge in [-0.1, -0.05) is 0 Å². The summed E-state index contributed by atoms with van der Waals surface area (Å²) in [6.45, 7) is 1.20. The van der Waals surface area contributed by atoms with Gasteiger partial charge in [-0.05, 0) is 31.8 Å². The number of nitrogens with one attached hydrogen (secondary N) is 1. The van der Waals surface area contributed by atoms with Gasteiger partial charge in [-0.15, -0.1) is 24.8 Å². The summed E-state index contributed by atoms with van der Waals surface area (Å²) in [4.78, 5) is 0. The number of hydrogen-bond donors (Lipinski definition) is 2. The van der Waals surface area contributed by atoms with E-state index >= 15 is 0 Å². The number of piperidine rings is 1. The first-order valence-electron chi connectivity index (χ1n) is 4.05. The molecule has 1 heterocycles. The first-order valence-corrected chi connectivity index (χ1v) is 4.05. The Labute approximate surface area is 93.6 Å². The monoisotopic (exact) mass is 254 g/mol. The molecule has 1 saturated heterocycles. The zero-order chi connectivity index (χ0) is 9.19. The zero-order valence-corrected chi connectivity index (χ0v) is 9.14. The SMILES string of the molecule is Cl.Cl.NC(C1CCCNC1)C(F)(F)F. The van der Waals surface area contributed by atoms with Crippen molar-refractivity contribution in [2.24, 2.45) is 11.7 Å². The van der Waals surface area contributed by atoms with E-state index in [1.165, 1.54) is 0 Å². The summed E-state index contributed by atoms with van der Waals surface area (Å²) < 4.78 is 36.2. The molecular formula is C7H15Cl2F3N2. The second kappa shape index (κ2) is 6.71. The van der Waals surface area contributed by atoms with Crippen molar-refractivity contribution in [2.75, 3.05) is 13.1 Å². The van der Waals surface area contributed by atoms with Crippen LogP contribution in [0.1, 0.15) is 12.8 Å². The Bertz CT molecular complexity index is 148. The molecule has 1 rings (SSSR count). The molecule has 2 unspecified atom stereocenters. The molecule has 14 heavy (non-hydrogen) atoms. The van der Waals surface area contributed by atoms with Crippen LogP contribution in [-0.2, 0) is 0 Å². The molecular weight excluding hydrogens is 240 g/mol. The van der Waals surface area contributed by atoms with Crippen molar-refractivity contribution in [3.63, 3.8) is 0 Å². The molecule has 1 aliphatic rings. The van der Waals surface area contributed by atoms with E-state index in [1.807, 2.05) is 0 Å². The molecule has 3 N–H and O–H groups in total. The minimum Gasteiger partial charge on any atom is -0.320 e. The summed E-state index contributed by atoms with van der Waals surface area (Å²) in [7, 11) is 0. The molecule has 2 nitrogen and oxygen atoms in total. The van der Waals surface area contributed by atoms with Crippen LogP contribution in [-0.4, -0.2) is 25.3 Å². The maximum Gasteiger partial charge on any atom is 0.403 e. The van der Waals surface area contributed by atoms with Gasteiger partial charge < -0.3 is 11.1 Å². The highest BCUT2D eigenvalue weighted by Crippen LogP contribution is 2.27. The predicted octanol–water partition coefficient (Wildman–Crippen LogP) is 1.72. The van der Waals surface area contributed by atoms with Crippen LogP contribution in [0.4, 0.5) is 13.2 Å². The maximum absolute atomic E-state index is 12.1. The van der Waals surface area contributed by atoms with Crippen LogP contribution in [0.2, 0.25) is 0 Å². The van der Waals surface area contributed by atoms with Crippen LogP contribution in [0.3, 0.4) is 0 Å². The Morgan fingerprint density at radius 2 is 1.86 bits per heavy atom. The van der Waals surface area contributed by atoms with Crippen LogP contribution in [0.5, 0.6) is 0 Å². The smallest absolute Gasteiger partial charge is 0.320 e. The second-order valence-corrected chi connectivity index (χ2v) is 3.17. The van der Waals surface area contributed by atoms with Crippen molar-refractivity contribution in [1.82, 2.24) is 5.32 Å². The standard InChI is InChI=1S/C7H13F3N2.2ClH/c8-7(9,10)6(11)5-2-1-3-12-4-5;;/h5-6,12H,1-4,11H2;2*1H. The molecule has 0 amide bonds. The Morgan fingerprint density at radius 1 is 1.29 bits per heavy atom. The lowest BCUT2D eigenvalue weighted by Gasteiger charge is -2.29. The lowest BCUT2D eigenvalue weighted by atomic mass is 9.92. The minimum absolute atomic E-state index is 0. The van der Waals surface area contributed by atoms with Crippen molar-refractivity contribution in [1.29, 1.82) is 0 Å². The molecule has 7 heteroatoms. The lowest BCUT2D eigenvalue weighted by Crippen LogP contribution is -2.49. The Morgan fingerprint density at radius 3 is 2.21 bits per heavy atom. The highest BCUT2D eigenvalue weighted by atomic mass is 35.5. The first-order chi connectivity index (χ1) is 5.52. The summed E-state index contributed by atoms with van der Waals surface area (Å²) in [5.74, 6) is -0.446. The molecule has 0 saturated carbocycles. The van der Waals surface area contributed by atoms with E-state index in [0.717, 1.165) is 13.0 Å². The van der Waals surface area contributed by atoms with Crippen LogP contribution < -0.4 is 11.1 Å². The fourth-order valence-corrected chi connectivity index (χ4v) is 1.45. The van der Waals surface area contributed by atoms with Gasteiger partial charge in [0.15, 0.2) is 0 Å². The predicted molar refractivity (Wildman–Crippen MR) is 54.1 cm³/mol. The summed E-state index contributed by atoms with van der Waals surface area (Å²) in [5.41, 5.74) is 5.06. The average molecular weight is 255 g/mol. The molecule has 0 radical (unpaired) electrons. The molecule has 88 valence electrons. The van der Waals surface area contributed by atoms with E-state index in [2.05, 4.69) is 5.32 Å². The normalized spacial score (nSPS) is 24.4. The molecule has 1 fully saturated rings. The second-order valence-electron chi connectivity index (χ2n) is 3.17. The molecule has 2 atom stereocenters. The number of rotatable bonds is 1. The fourth-order valence-electron chi connectivity index (χ4n) is 1.45. The van der Waals surface area contributed by atoms with E-state index in [0.29, 0.717) is 13.0 Å². The highest BCUT2D eigenvalue weighted by Gasteiger charge is 2.41. The van der Waals surface area contributed by atoms with Gasteiger partial charge in [-0.3, -0.25) is 0 Å². The van der Waals surface area contributed by atoms with Crippen LogP contribution in [0.15, 0.2) is 0 Å². The van der Waals surface area contributed by atoms with E-state index in [9.17, 15) is 13.2 Å². The number of nitrogens with two attached hydrogens (primary N) is 1. The number of hydrogen-bond acceptors (Lipinski definition) is 2. The van der Waals surface area contributed by atoms with E-state index in [-0.39, 0.29) is 24.8 Å². The zero-order valence-electron chi connectivity index (χ0n) is 7.51. The Balaban J connectivity index is 0. The van der Waals surface area contributed by atoms with Crippen LogP contribution in [0.25, 0.3) is 0 Å². The van der Waals surface area contributed by atoms with Gasteiger partial charge in [0, 0.05) is 0 Å². The summed E-state index contributed by atoms with van der Waals surface area (Å²) >= 11 is 0. The van der Waals surface area contributed by atoms with Gasteiger partial charge in [0.05, 0.1) is 0 Å². The minimum atomic E-state index is -4.25. The van der Waals surface area contributed by atoms with E-state index in [4.69, 9.17) is 5.73 Å². The number of alkyl halides is 3. The fraction of sp³-hybridized carbons (Fsp3) is 1.00. The van der Waals surface area contributed by atoms with Crippen molar-refractivity contribution >= 4 is 24.8 Å². The molecule has 0 spiro atoms. The van der Waals surface area contributed by atoms with Crippen molar-refractivity contribution in [2.45, 2.75) is 25.1 Å². The molecule has 0 bridgehead atoms. The quantitative estimate of drug-likeness (QED) is 0.748. The molecule has 0 aliphatic carbocycles. The van der Waals surface area contributed by atoms with Crippen molar-refractivity contribution in [3.05, 3.63) is 0 Å². The lowest BCUT2D eigenvalue weighted by molar-refractivity contribution is -0.160. The molecule has 0 aromatic rings. The third kappa shape index (κ3) is 4.68. The van der Waals surface area contributed by atoms with Crippen LogP contribution in [0, 0.1) is 5.92 Å². The largest absolute Gasteiger partial charge is 0.403 e. The van der Waals surface area contributed by atoms with Gasteiger partial charge in [0.25, 0.3) is 0 Å². The summed E-state index contributed by atoms with van der Waals surface area (Å²) in [6.07, 6.45) is -2.88. The van der Waals surface area contributed by atoms with Gasteiger partial charge >= 0.3 is 6.18 Å². The van der Waals surface area contributed by atoms with Crippen LogP contribution >= 0.6 is 24.8 Å². The van der Waals surface area contributed by atoms with Crippen molar-refractivity contribution < 1.29 is 13.2 Å². The van der Waals surface area contributed by atoms with Gasteiger partial charge in [-0.25, -0.2) is 0 Å². The highest BCUT2D eigenvalue weighted by molar-refractivity contribution is 5.85. The first kappa shape index (κ1) is 16.7. The van der Waals surface area contributed by atoms with Gasteiger partial charge in [-0.2, -0.15) is 13.2 Å². The van der Waals surface area contributed by atoms with E-state index < -0.39 is 18.1 Å². The van der Waals surface area contributed by atoms with Crippen molar-refractivity contribution in [3.8, 4) is 0 Å².